The van der Waals surface area contributed by atoms with Gasteiger partial charge in [0, 0.05) is 29.9 Å². The Kier molecular flexibility index (Phi) is 5.31. The highest BCUT2D eigenvalue weighted by molar-refractivity contribution is 6.13. The van der Waals surface area contributed by atoms with E-state index in [1.807, 2.05) is 62.4 Å². The van der Waals surface area contributed by atoms with Crippen LogP contribution in [0.25, 0.3) is 0 Å². The number of hydrogen-bond acceptors (Lipinski definition) is 4. The Morgan fingerprint density at radius 1 is 0.963 bits per heavy atom. The molecule has 0 atom stereocenters. The molecule has 0 aliphatic carbocycles. The predicted octanol–water partition coefficient (Wildman–Crippen LogP) is 5.05. The first-order chi connectivity index (χ1) is 13.0. The molecule has 27 heavy (non-hydrogen) atoms. The summed E-state index contributed by atoms with van der Waals surface area (Å²) in [5.74, 6) is -0.226. The van der Waals surface area contributed by atoms with Gasteiger partial charge in [-0.3, -0.25) is 14.9 Å². The molecule has 0 fully saturated rings. The van der Waals surface area contributed by atoms with Gasteiger partial charge in [-0.2, -0.15) is 0 Å². The Morgan fingerprint density at radius 2 is 1.70 bits per heavy atom. The van der Waals surface area contributed by atoms with Crippen LogP contribution in [0.15, 0.2) is 66.7 Å². The van der Waals surface area contributed by atoms with Crippen LogP contribution in [0.2, 0.25) is 0 Å². The van der Waals surface area contributed by atoms with Gasteiger partial charge >= 0.3 is 0 Å². The van der Waals surface area contributed by atoms with Gasteiger partial charge in [0.2, 0.25) is 0 Å². The van der Waals surface area contributed by atoms with Crippen molar-refractivity contribution in [2.45, 2.75) is 20.4 Å². The van der Waals surface area contributed by atoms with Crippen LogP contribution in [0.3, 0.4) is 0 Å². The van der Waals surface area contributed by atoms with E-state index in [4.69, 9.17) is 0 Å². The van der Waals surface area contributed by atoms with E-state index < -0.39 is 4.92 Å². The molecule has 3 aromatic carbocycles. The molecule has 3 aromatic rings. The molecule has 0 aliphatic heterocycles. The first-order valence-corrected chi connectivity index (χ1v) is 8.64. The van der Waals surface area contributed by atoms with E-state index in [2.05, 4.69) is 5.32 Å². The zero-order chi connectivity index (χ0) is 19.4. The minimum atomic E-state index is -0.485. The van der Waals surface area contributed by atoms with E-state index >= 15 is 0 Å². The summed E-state index contributed by atoms with van der Waals surface area (Å²) in [5.41, 5.74) is 4.19. The smallest absolute Gasteiger partial charge is 0.270 e. The van der Waals surface area contributed by atoms with Gasteiger partial charge in [0.1, 0.15) is 0 Å². The molecule has 5 heteroatoms. The summed E-state index contributed by atoms with van der Waals surface area (Å²) >= 11 is 0. The number of anilines is 1. The van der Waals surface area contributed by atoms with Crippen molar-refractivity contribution < 1.29 is 9.72 Å². The van der Waals surface area contributed by atoms with Gasteiger partial charge in [0.25, 0.3) is 5.69 Å². The third-order valence-corrected chi connectivity index (χ3v) is 4.42. The van der Waals surface area contributed by atoms with Crippen LogP contribution >= 0.6 is 0 Å². The van der Waals surface area contributed by atoms with Crippen molar-refractivity contribution in [3.05, 3.63) is 105 Å². The molecular formula is C22H20N2O3. The summed E-state index contributed by atoms with van der Waals surface area (Å²) in [6.07, 6.45) is 0. The van der Waals surface area contributed by atoms with Crippen LogP contribution in [0, 0.1) is 24.0 Å². The summed E-state index contributed by atoms with van der Waals surface area (Å²) < 4.78 is 0. The molecule has 0 unspecified atom stereocenters. The van der Waals surface area contributed by atoms with Gasteiger partial charge in [0.15, 0.2) is 5.78 Å². The fourth-order valence-corrected chi connectivity index (χ4v) is 2.91. The highest BCUT2D eigenvalue weighted by Gasteiger charge is 2.19. The number of carbonyl (C=O) groups is 1. The Morgan fingerprint density at radius 3 is 2.41 bits per heavy atom. The summed E-state index contributed by atoms with van der Waals surface area (Å²) in [4.78, 5) is 23.9. The standard InChI is InChI=1S/C22H20N2O3/c1-15-8-9-16(2)19(12-15)22(25)20-13-18(24(26)27)10-11-21(20)23-14-17-6-4-3-5-7-17/h3-13,23H,14H2,1-2H3. The Bertz CT molecular complexity index is 998. The van der Waals surface area contributed by atoms with Crippen LogP contribution in [-0.2, 0) is 6.54 Å². The normalized spacial score (nSPS) is 10.4. The molecule has 0 aromatic heterocycles. The lowest BCUT2D eigenvalue weighted by Crippen LogP contribution is -2.10. The van der Waals surface area contributed by atoms with Gasteiger partial charge < -0.3 is 5.32 Å². The first-order valence-electron chi connectivity index (χ1n) is 8.64. The van der Waals surface area contributed by atoms with E-state index in [1.165, 1.54) is 12.1 Å². The van der Waals surface area contributed by atoms with Crippen molar-refractivity contribution in [1.82, 2.24) is 0 Å². The maximum Gasteiger partial charge on any atom is 0.270 e. The number of nitro groups is 1. The molecule has 0 bridgehead atoms. The van der Waals surface area contributed by atoms with Crippen molar-refractivity contribution in [2.24, 2.45) is 0 Å². The number of nitrogens with zero attached hydrogens (tertiary/aromatic N) is 1. The van der Waals surface area contributed by atoms with Crippen molar-refractivity contribution in [2.75, 3.05) is 5.32 Å². The predicted molar refractivity (Wildman–Crippen MR) is 106 cm³/mol. The maximum absolute atomic E-state index is 13.2. The molecular weight excluding hydrogens is 340 g/mol. The fourth-order valence-electron chi connectivity index (χ4n) is 2.91. The lowest BCUT2D eigenvalue weighted by Gasteiger charge is -2.13. The summed E-state index contributed by atoms with van der Waals surface area (Å²) in [5, 5.41) is 14.4. The first kappa shape index (κ1) is 18.3. The monoisotopic (exact) mass is 360 g/mol. The average molecular weight is 360 g/mol. The van der Waals surface area contributed by atoms with Crippen LogP contribution in [-0.4, -0.2) is 10.7 Å². The number of ketones is 1. The lowest BCUT2D eigenvalue weighted by atomic mass is 9.96. The number of hydrogen-bond donors (Lipinski definition) is 1. The van der Waals surface area contributed by atoms with Gasteiger partial charge in [-0.1, -0.05) is 48.0 Å². The Labute approximate surface area is 157 Å². The van der Waals surface area contributed by atoms with Crippen molar-refractivity contribution in [3.63, 3.8) is 0 Å². The average Bonchev–Trinajstić information content (AvgIpc) is 2.68. The minimum absolute atomic E-state index is 0.103. The van der Waals surface area contributed by atoms with Crippen molar-refractivity contribution in [3.8, 4) is 0 Å². The fraction of sp³-hybridized carbons (Fsp3) is 0.136. The van der Waals surface area contributed by atoms with E-state index in [-0.39, 0.29) is 11.5 Å². The van der Waals surface area contributed by atoms with Gasteiger partial charge in [0.05, 0.1) is 10.5 Å². The third-order valence-electron chi connectivity index (χ3n) is 4.42. The summed E-state index contributed by atoms with van der Waals surface area (Å²) in [6, 6.07) is 19.8. The zero-order valence-corrected chi connectivity index (χ0v) is 15.2. The van der Waals surface area contributed by atoms with Crippen LogP contribution in [0.1, 0.15) is 32.6 Å². The van der Waals surface area contributed by atoms with E-state index in [9.17, 15) is 14.9 Å². The summed E-state index contributed by atoms with van der Waals surface area (Å²) in [6.45, 7) is 4.30. The van der Waals surface area contributed by atoms with Crippen LogP contribution in [0.4, 0.5) is 11.4 Å². The minimum Gasteiger partial charge on any atom is -0.380 e. The van der Waals surface area contributed by atoms with Crippen molar-refractivity contribution in [1.29, 1.82) is 0 Å². The number of nitrogens with one attached hydrogen (secondary N) is 1. The van der Waals surface area contributed by atoms with Gasteiger partial charge in [-0.25, -0.2) is 0 Å². The molecule has 0 saturated carbocycles. The molecule has 136 valence electrons. The molecule has 0 amide bonds. The third kappa shape index (κ3) is 4.20. The zero-order valence-electron chi connectivity index (χ0n) is 15.2. The molecule has 5 nitrogen and oxygen atoms in total. The van der Waals surface area contributed by atoms with Crippen LogP contribution < -0.4 is 5.32 Å². The second-order valence-electron chi connectivity index (χ2n) is 6.47. The number of non-ortho nitro benzene ring substituents is 1. The van der Waals surface area contributed by atoms with E-state index in [1.54, 1.807) is 6.07 Å². The second kappa shape index (κ2) is 7.83. The number of nitro benzene ring substituents is 1. The Hall–Kier alpha value is -3.47. The van der Waals surface area contributed by atoms with Crippen LogP contribution in [0.5, 0.6) is 0 Å². The summed E-state index contributed by atoms with van der Waals surface area (Å²) in [7, 11) is 0. The quantitative estimate of drug-likeness (QED) is 0.379. The molecule has 0 spiro atoms. The SMILES string of the molecule is Cc1ccc(C)c(C(=O)c2cc([N+](=O)[O-])ccc2NCc2ccccc2)c1. The highest BCUT2D eigenvalue weighted by atomic mass is 16.6. The van der Waals surface area contributed by atoms with Crippen molar-refractivity contribution >= 4 is 17.2 Å². The van der Waals surface area contributed by atoms with E-state index in [0.29, 0.717) is 23.4 Å². The number of benzene rings is 3. The highest BCUT2D eigenvalue weighted by Crippen LogP contribution is 2.27. The van der Waals surface area contributed by atoms with Gasteiger partial charge in [-0.15, -0.1) is 0 Å². The second-order valence-corrected chi connectivity index (χ2v) is 6.47. The number of rotatable bonds is 6. The molecule has 3 rings (SSSR count). The lowest BCUT2D eigenvalue weighted by molar-refractivity contribution is -0.384. The maximum atomic E-state index is 13.2. The van der Waals surface area contributed by atoms with Gasteiger partial charge in [-0.05, 0) is 37.1 Å². The molecule has 0 radical (unpaired) electrons. The largest absolute Gasteiger partial charge is 0.380 e. The van der Waals surface area contributed by atoms with E-state index in [0.717, 1.165) is 16.7 Å². The Balaban J connectivity index is 2.00. The molecule has 0 heterocycles. The number of aryl methyl sites for hydroxylation is 2. The molecule has 0 aliphatic rings. The number of carbonyl (C=O) groups excluding carboxylic acids is 1. The molecule has 1 N–H and O–H groups in total. The molecule has 0 saturated heterocycles. The topological polar surface area (TPSA) is 72.2 Å².